The number of alkyl halides is 3. The van der Waals surface area contributed by atoms with Crippen LogP contribution in [0.5, 0.6) is 0 Å². The summed E-state index contributed by atoms with van der Waals surface area (Å²) in [6.07, 6.45) is 4.71. The summed E-state index contributed by atoms with van der Waals surface area (Å²) in [6.45, 7) is 3.65. The van der Waals surface area contributed by atoms with E-state index < -0.39 is 22.2 Å². The van der Waals surface area contributed by atoms with Gasteiger partial charge in [0.1, 0.15) is 0 Å². The Kier molecular flexibility index (Phi) is 7.63. The maximum absolute atomic E-state index is 12.0. The standard InChI is InChI=1S/C17H28N4O2S.C2HF3O2/c22-24(23,17-5-6-17)19-10-8-16-13-20(11-14-3-1-2-4-14)12-15-7-9-18-21(15)16;3-2(4,5)1(6)7/h7,9,14,16-17,19H,1-6,8,10-13H2;(H,6,7). The fourth-order valence-electron chi connectivity index (χ4n) is 4.24. The fourth-order valence-corrected chi connectivity index (χ4v) is 5.63. The van der Waals surface area contributed by atoms with Crippen LogP contribution in [0.2, 0.25) is 0 Å². The average Bonchev–Trinajstić information content (AvgIpc) is 3.24. The monoisotopic (exact) mass is 466 g/mol. The molecule has 0 radical (unpaired) electrons. The normalized spacial score (nSPS) is 22.6. The molecule has 2 aliphatic carbocycles. The highest BCUT2D eigenvalue weighted by Crippen LogP contribution is 2.30. The Bertz CT molecular complexity index is 849. The van der Waals surface area contributed by atoms with Gasteiger partial charge in [-0.05, 0) is 44.1 Å². The van der Waals surface area contributed by atoms with E-state index in [4.69, 9.17) is 9.90 Å². The van der Waals surface area contributed by atoms with E-state index in [1.54, 1.807) is 0 Å². The second-order valence-corrected chi connectivity index (χ2v) is 10.5. The summed E-state index contributed by atoms with van der Waals surface area (Å²) in [7, 11) is -3.08. The van der Waals surface area contributed by atoms with Crippen molar-refractivity contribution in [1.82, 2.24) is 19.4 Å². The first-order valence-electron chi connectivity index (χ1n) is 10.6. The van der Waals surface area contributed by atoms with Crippen molar-refractivity contribution in [2.45, 2.75) is 69.0 Å². The van der Waals surface area contributed by atoms with E-state index in [0.717, 1.165) is 38.3 Å². The molecule has 0 spiro atoms. The van der Waals surface area contributed by atoms with Crippen LogP contribution in [0.25, 0.3) is 0 Å². The number of aromatic nitrogens is 2. The van der Waals surface area contributed by atoms with E-state index in [-0.39, 0.29) is 11.3 Å². The van der Waals surface area contributed by atoms with Crippen molar-refractivity contribution in [1.29, 1.82) is 0 Å². The summed E-state index contributed by atoms with van der Waals surface area (Å²) in [5.41, 5.74) is 1.26. The van der Waals surface area contributed by atoms with Gasteiger partial charge in [0, 0.05) is 32.4 Å². The van der Waals surface area contributed by atoms with Gasteiger partial charge in [0.25, 0.3) is 0 Å². The number of aliphatic carboxylic acids is 1. The van der Waals surface area contributed by atoms with Crippen molar-refractivity contribution in [3.8, 4) is 0 Å². The van der Waals surface area contributed by atoms with Gasteiger partial charge in [0.2, 0.25) is 10.0 Å². The number of carboxylic acids is 1. The topological polar surface area (TPSA) is 105 Å². The Morgan fingerprint density at radius 1 is 1.23 bits per heavy atom. The number of fused-ring (bicyclic) bond motifs is 1. The Balaban J connectivity index is 0.000000339. The highest BCUT2D eigenvalue weighted by molar-refractivity contribution is 7.90. The van der Waals surface area contributed by atoms with Crippen LogP contribution in [0, 0.1) is 5.92 Å². The van der Waals surface area contributed by atoms with Crippen molar-refractivity contribution in [2.24, 2.45) is 5.92 Å². The van der Waals surface area contributed by atoms with Crippen molar-refractivity contribution in [3.05, 3.63) is 18.0 Å². The Hall–Kier alpha value is -1.66. The molecule has 176 valence electrons. The van der Waals surface area contributed by atoms with E-state index in [1.165, 1.54) is 37.9 Å². The largest absolute Gasteiger partial charge is 0.490 e. The summed E-state index contributed by atoms with van der Waals surface area (Å²) in [5.74, 6) is -1.92. The minimum absolute atomic E-state index is 0.136. The van der Waals surface area contributed by atoms with Crippen LogP contribution in [0.3, 0.4) is 0 Å². The van der Waals surface area contributed by atoms with Gasteiger partial charge in [0.15, 0.2) is 0 Å². The van der Waals surface area contributed by atoms with Crippen LogP contribution < -0.4 is 4.72 Å². The predicted octanol–water partition coefficient (Wildman–Crippen LogP) is 2.54. The number of carbonyl (C=O) groups is 1. The van der Waals surface area contributed by atoms with Crippen LogP contribution in [0.15, 0.2) is 12.3 Å². The first-order chi connectivity index (χ1) is 14.6. The zero-order valence-electron chi connectivity index (χ0n) is 17.2. The molecule has 1 aliphatic heterocycles. The van der Waals surface area contributed by atoms with Gasteiger partial charge in [-0.25, -0.2) is 17.9 Å². The van der Waals surface area contributed by atoms with E-state index in [9.17, 15) is 21.6 Å². The molecule has 1 atom stereocenters. The first-order valence-corrected chi connectivity index (χ1v) is 12.1. The van der Waals surface area contributed by atoms with Crippen molar-refractivity contribution in [2.75, 3.05) is 19.6 Å². The molecule has 1 aromatic rings. The van der Waals surface area contributed by atoms with E-state index >= 15 is 0 Å². The highest BCUT2D eigenvalue weighted by Gasteiger charge is 2.38. The Labute approximate surface area is 179 Å². The van der Waals surface area contributed by atoms with Gasteiger partial charge in [-0.2, -0.15) is 18.3 Å². The number of nitrogens with zero attached hydrogens (tertiary/aromatic N) is 3. The molecule has 12 heteroatoms. The quantitative estimate of drug-likeness (QED) is 0.640. The number of rotatable bonds is 7. The molecule has 0 aromatic carbocycles. The molecule has 2 fully saturated rings. The number of nitrogens with one attached hydrogen (secondary N) is 1. The lowest BCUT2D eigenvalue weighted by molar-refractivity contribution is -0.192. The molecule has 0 bridgehead atoms. The van der Waals surface area contributed by atoms with Gasteiger partial charge >= 0.3 is 12.1 Å². The molecule has 2 saturated carbocycles. The van der Waals surface area contributed by atoms with Crippen LogP contribution in [0.1, 0.15) is 56.7 Å². The minimum Gasteiger partial charge on any atom is -0.475 e. The first kappa shape index (κ1) is 24.0. The van der Waals surface area contributed by atoms with Gasteiger partial charge in [-0.15, -0.1) is 0 Å². The van der Waals surface area contributed by atoms with Crippen LogP contribution in [-0.4, -0.2) is 65.2 Å². The smallest absolute Gasteiger partial charge is 0.475 e. The third-order valence-electron chi connectivity index (χ3n) is 5.93. The van der Waals surface area contributed by atoms with Gasteiger partial charge in [-0.3, -0.25) is 9.58 Å². The molecule has 0 saturated heterocycles. The van der Waals surface area contributed by atoms with Crippen LogP contribution >= 0.6 is 0 Å². The Morgan fingerprint density at radius 2 is 1.87 bits per heavy atom. The number of hydrogen-bond donors (Lipinski definition) is 2. The van der Waals surface area contributed by atoms with Crippen molar-refractivity contribution >= 4 is 16.0 Å². The summed E-state index contributed by atoms with van der Waals surface area (Å²) in [6, 6.07) is 2.37. The third-order valence-corrected chi connectivity index (χ3v) is 7.89. The SMILES string of the molecule is O=C(O)C(F)(F)F.O=S(=O)(NCCC1CN(CC2CCCC2)Cc2ccnn21)C1CC1. The summed E-state index contributed by atoms with van der Waals surface area (Å²) in [4.78, 5) is 11.4. The van der Waals surface area contributed by atoms with Crippen molar-refractivity contribution in [3.63, 3.8) is 0 Å². The van der Waals surface area contributed by atoms with Gasteiger partial charge < -0.3 is 5.11 Å². The average molecular weight is 467 g/mol. The van der Waals surface area contributed by atoms with Crippen molar-refractivity contribution < 1.29 is 31.5 Å². The molecule has 8 nitrogen and oxygen atoms in total. The minimum atomic E-state index is -5.08. The second-order valence-electron chi connectivity index (χ2n) is 8.50. The number of carboxylic acid groups (broad SMARTS) is 1. The third kappa shape index (κ3) is 6.91. The molecule has 1 aromatic heterocycles. The molecular weight excluding hydrogens is 437 g/mol. The molecule has 31 heavy (non-hydrogen) atoms. The maximum Gasteiger partial charge on any atom is 0.490 e. The summed E-state index contributed by atoms with van der Waals surface area (Å²) in [5, 5.41) is 11.5. The van der Waals surface area contributed by atoms with Crippen LogP contribution in [-0.2, 0) is 21.4 Å². The molecule has 2 heterocycles. The molecule has 1 unspecified atom stereocenters. The lowest BCUT2D eigenvalue weighted by Gasteiger charge is -2.35. The summed E-state index contributed by atoms with van der Waals surface area (Å²) >= 11 is 0. The summed E-state index contributed by atoms with van der Waals surface area (Å²) < 4.78 is 60.6. The highest BCUT2D eigenvalue weighted by atomic mass is 32.2. The molecule has 4 rings (SSSR count). The predicted molar refractivity (Wildman–Crippen MR) is 107 cm³/mol. The fraction of sp³-hybridized carbons (Fsp3) is 0.789. The molecule has 3 aliphatic rings. The number of hydrogen-bond acceptors (Lipinski definition) is 5. The second kappa shape index (κ2) is 9.86. The number of sulfonamides is 1. The maximum atomic E-state index is 12.0. The number of halogens is 3. The van der Waals surface area contributed by atoms with Gasteiger partial charge in [-0.1, -0.05) is 12.8 Å². The zero-order valence-corrected chi connectivity index (χ0v) is 18.0. The Morgan fingerprint density at radius 3 is 2.45 bits per heavy atom. The van der Waals surface area contributed by atoms with Gasteiger partial charge in [0.05, 0.1) is 17.0 Å². The molecule has 2 N–H and O–H groups in total. The van der Waals surface area contributed by atoms with E-state index in [2.05, 4.69) is 25.5 Å². The lowest BCUT2D eigenvalue weighted by atomic mass is 10.0. The lowest BCUT2D eigenvalue weighted by Crippen LogP contribution is -2.41. The zero-order chi connectivity index (χ0) is 22.6. The van der Waals surface area contributed by atoms with Crippen LogP contribution in [0.4, 0.5) is 13.2 Å². The van der Waals surface area contributed by atoms with E-state index in [0.29, 0.717) is 6.54 Å². The molecular formula is C19H29F3N4O4S. The van der Waals surface area contributed by atoms with E-state index in [1.807, 2.05) is 6.20 Å². The molecule has 0 amide bonds.